The van der Waals surface area contributed by atoms with Crippen molar-refractivity contribution < 1.29 is 38.1 Å². The lowest BCUT2D eigenvalue weighted by Gasteiger charge is -2.21. The van der Waals surface area contributed by atoms with Crippen LogP contribution in [0.2, 0.25) is 0 Å². The van der Waals surface area contributed by atoms with Crippen LogP contribution in [0.25, 0.3) is 6.08 Å². The van der Waals surface area contributed by atoms with Gasteiger partial charge in [0.2, 0.25) is 5.76 Å². The molecule has 1 amide bonds. The number of benzene rings is 2. The Bertz CT molecular complexity index is 1130. The fraction of sp³-hybridized carbons (Fsp3) is 0.308. The van der Waals surface area contributed by atoms with Gasteiger partial charge < -0.3 is 18.9 Å². The third-order valence-corrected chi connectivity index (χ3v) is 4.58. The van der Waals surface area contributed by atoms with Gasteiger partial charge in [-0.3, -0.25) is 10.1 Å². The van der Waals surface area contributed by atoms with E-state index in [9.17, 15) is 19.2 Å². The van der Waals surface area contributed by atoms with Crippen molar-refractivity contribution in [2.75, 3.05) is 12.4 Å². The van der Waals surface area contributed by atoms with Crippen molar-refractivity contribution >= 4 is 35.8 Å². The van der Waals surface area contributed by atoms with Gasteiger partial charge in [0.15, 0.2) is 0 Å². The fourth-order valence-electron chi connectivity index (χ4n) is 2.93. The van der Waals surface area contributed by atoms with E-state index >= 15 is 0 Å². The van der Waals surface area contributed by atoms with E-state index in [0.717, 1.165) is 7.11 Å². The van der Waals surface area contributed by atoms with Crippen LogP contribution < -0.4 is 5.32 Å². The van der Waals surface area contributed by atoms with E-state index in [0.29, 0.717) is 22.4 Å². The Morgan fingerprint density at radius 2 is 1.66 bits per heavy atom. The number of rotatable bonds is 7. The van der Waals surface area contributed by atoms with Crippen molar-refractivity contribution in [1.29, 1.82) is 0 Å². The predicted octanol–water partition coefficient (Wildman–Crippen LogP) is 4.78. The molecule has 0 aromatic heterocycles. The minimum Gasteiger partial charge on any atom is -0.463 e. The molecule has 2 aromatic carbocycles. The molecule has 0 spiro atoms. The first kappa shape index (κ1) is 27.1. The van der Waals surface area contributed by atoms with Crippen molar-refractivity contribution in [3.8, 4) is 0 Å². The first-order valence-corrected chi connectivity index (χ1v) is 10.7. The lowest BCUT2D eigenvalue weighted by Crippen LogP contribution is -2.27. The quantitative estimate of drug-likeness (QED) is 0.259. The Kier molecular flexibility index (Phi) is 9.16. The average Bonchev–Trinajstić information content (AvgIpc) is 2.78. The van der Waals surface area contributed by atoms with Crippen molar-refractivity contribution in [1.82, 2.24) is 0 Å². The number of carbonyl (C=O) groups is 4. The van der Waals surface area contributed by atoms with E-state index in [1.54, 1.807) is 70.2 Å². The minimum atomic E-state index is -0.874. The number of anilines is 1. The minimum absolute atomic E-state index is 0.155. The Morgan fingerprint density at radius 1 is 1.00 bits per heavy atom. The van der Waals surface area contributed by atoms with Crippen LogP contribution in [0.5, 0.6) is 0 Å². The molecular formula is C26H29NO8. The normalized spacial score (nSPS) is 11.3. The molecule has 9 nitrogen and oxygen atoms in total. The van der Waals surface area contributed by atoms with E-state index in [1.807, 2.05) is 0 Å². The molecule has 0 bridgehead atoms. The van der Waals surface area contributed by atoms with E-state index in [1.165, 1.54) is 13.0 Å². The van der Waals surface area contributed by atoms with E-state index in [2.05, 4.69) is 5.32 Å². The number of nitrogens with one attached hydrogen (secondary N) is 1. The van der Waals surface area contributed by atoms with Crippen molar-refractivity contribution in [2.24, 2.45) is 0 Å². The Hall–Kier alpha value is -4.14. The summed E-state index contributed by atoms with van der Waals surface area (Å²) in [5.41, 5.74) is 1.42. The van der Waals surface area contributed by atoms with Gasteiger partial charge in [-0.15, -0.1) is 0 Å². The maximum Gasteiger partial charge on any atom is 0.412 e. The molecule has 2 aromatic rings. The van der Waals surface area contributed by atoms with Crippen molar-refractivity contribution in [3.05, 3.63) is 70.5 Å². The Morgan fingerprint density at radius 3 is 2.23 bits per heavy atom. The molecular weight excluding hydrogens is 454 g/mol. The summed E-state index contributed by atoms with van der Waals surface area (Å²) >= 11 is 0. The van der Waals surface area contributed by atoms with Crippen LogP contribution in [0.3, 0.4) is 0 Å². The van der Waals surface area contributed by atoms with Crippen LogP contribution in [0.4, 0.5) is 10.5 Å². The second kappa shape index (κ2) is 11.8. The highest BCUT2D eigenvalue weighted by molar-refractivity contribution is 5.98. The standard InChI is InChI=1S/C26H29NO8/c1-16-20(15-33-17(2)28)19(12-13-21(16)27-25(31)35-26(3,4)5)14-22(24(30)32-6)34-23(29)18-10-8-7-9-11-18/h7-14H,15H2,1-6H3,(H,27,31). The molecule has 2 rings (SSSR count). The summed E-state index contributed by atoms with van der Waals surface area (Å²) in [6, 6.07) is 11.3. The second-order valence-corrected chi connectivity index (χ2v) is 8.47. The third-order valence-electron chi connectivity index (χ3n) is 4.58. The number of carbonyl (C=O) groups excluding carboxylic acids is 4. The zero-order valence-electron chi connectivity index (χ0n) is 20.6. The van der Waals surface area contributed by atoms with Gasteiger partial charge in [-0.25, -0.2) is 14.4 Å². The molecule has 0 aliphatic heterocycles. The number of ether oxygens (including phenoxy) is 4. The highest BCUT2D eigenvalue weighted by atomic mass is 16.6. The summed E-state index contributed by atoms with van der Waals surface area (Å²) in [4.78, 5) is 48.6. The highest BCUT2D eigenvalue weighted by Crippen LogP contribution is 2.27. The summed E-state index contributed by atoms with van der Waals surface area (Å²) in [7, 11) is 1.16. The van der Waals surface area contributed by atoms with Gasteiger partial charge >= 0.3 is 24.0 Å². The fourth-order valence-corrected chi connectivity index (χ4v) is 2.93. The van der Waals surface area contributed by atoms with Crippen LogP contribution in [0.1, 0.15) is 54.7 Å². The Labute approximate surface area is 204 Å². The van der Waals surface area contributed by atoms with Crippen LogP contribution in [-0.4, -0.2) is 36.7 Å². The third kappa shape index (κ3) is 8.29. The van der Waals surface area contributed by atoms with Gasteiger partial charge in [-0.05, 0) is 63.1 Å². The molecule has 0 heterocycles. The van der Waals surface area contributed by atoms with Gasteiger partial charge in [0, 0.05) is 18.2 Å². The molecule has 186 valence electrons. The molecule has 0 aliphatic rings. The zero-order chi connectivity index (χ0) is 26.2. The zero-order valence-corrected chi connectivity index (χ0v) is 20.6. The van der Waals surface area contributed by atoms with Crippen LogP contribution in [0, 0.1) is 6.92 Å². The molecule has 0 radical (unpaired) electrons. The first-order valence-electron chi connectivity index (χ1n) is 10.7. The maximum absolute atomic E-state index is 12.5. The number of hydrogen-bond donors (Lipinski definition) is 1. The molecule has 9 heteroatoms. The van der Waals surface area contributed by atoms with Crippen LogP contribution in [0.15, 0.2) is 48.2 Å². The molecule has 0 unspecified atom stereocenters. The van der Waals surface area contributed by atoms with Crippen LogP contribution in [-0.2, 0) is 35.1 Å². The van der Waals surface area contributed by atoms with Crippen LogP contribution >= 0.6 is 0 Å². The van der Waals surface area contributed by atoms with Gasteiger partial charge in [0.1, 0.15) is 12.2 Å². The second-order valence-electron chi connectivity index (χ2n) is 8.47. The van der Waals surface area contributed by atoms with E-state index in [4.69, 9.17) is 18.9 Å². The molecule has 35 heavy (non-hydrogen) atoms. The summed E-state index contributed by atoms with van der Waals surface area (Å²) < 4.78 is 20.6. The van der Waals surface area contributed by atoms with Gasteiger partial charge in [0.05, 0.1) is 12.7 Å². The van der Waals surface area contributed by atoms with Gasteiger partial charge in [0.25, 0.3) is 0 Å². The number of hydrogen-bond acceptors (Lipinski definition) is 8. The highest BCUT2D eigenvalue weighted by Gasteiger charge is 2.21. The summed E-state index contributed by atoms with van der Waals surface area (Å²) in [6.07, 6.45) is 0.657. The SMILES string of the molecule is COC(=O)C(=Cc1ccc(NC(=O)OC(C)(C)C)c(C)c1COC(C)=O)OC(=O)c1ccccc1. The first-order chi connectivity index (χ1) is 16.4. The molecule has 0 aliphatic carbocycles. The smallest absolute Gasteiger partial charge is 0.412 e. The van der Waals surface area contributed by atoms with Gasteiger partial charge in [-0.1, -0.05) is 24.3 Å². The maximum atomic E-state index is 12.5. The molecule has 0 fully saturated rings. The van der Waals surface area contributed by atoms with Gasteiger partial charge in [-0.2, -0.15) is 0 Å². The van der Waals surface area contributed by atoms with Crippen molar-refractivity contribution in [3.63, 3.8) is 0 Å². The predicted molar refractivity (Wildman–Crippen MR) is 128 cm³/mol. The van der Waals surface area contributed by atoms with E-state index in [-0.39, 0.29) is 17.9 Å². The topological polar surface area (TPSA) is 117 Å². The Balaban J connectivity index is 2.47. The molecule has 0 saturated heterocycles. The molecule has 0 saturated carbocycles. The summed E-state index contributed by atoms with van der Waals surface area (Å²) in [5.74, 6) is -2.50. The molecule has 0 atom stereocenters. The largest absolute Gasteiger partial charge is 0.463 e. The number of esters is 3. The average molecular weight is 484 g/mol. The van der Waals surface area contributed by atoms with E-state index < -0.39 is 29.6 Å². The molecule has 1 N–H and O–H groups in total. The summed E-state index contributed by atoms with van der Waals surface area (Å²) in [6.45, 7) is 8.03. The number of amides is 1. The number of methoxy groups -OCH3 is 1. The van der Waals surface area contributed by atoms with Crippen molar-refractivity contribution in [2.45, 2.75) is 46.8 Å². The monoisotopic (exact) mass is 483 g/mol. The lowest BCUT2D eigenvalue weighted by molar-refractivity contribution is -0.142. The summed E-state index contributed by atoms with van der Waals surface area (Å²) in [5, 5.41) is 2.66. The lowest BCUT2D eigenvalue weighted by atomic mass is 9.99.